The van der Waals surface area contributed by atoms with Gasteiger partial charge in [0.2, 0.25) is 5.90 Å². The molecule has 0 saturated heterocycles. The Morgan fingerprint density at radius 3 is 2.43 bits per heavy atom. The summed E-state index contributed by atoms with van der Waals surface area (Å²) in [4.78, 5) is 22.4. The zero-order valence-electron chi connectivity index (χ0n) is 24.1. The molecule has 1 aliphatic rings. The highest BCUT2D eigenvalue weighted by Gasteiger charge is 2.53. The highest BCUT2D eigenvalue weighted by atomic mass is 16.5. The number of nitrogens with one attached hydrogen (secondary N) is 1. The summed E-state index contributed by atoms with van der Waals surface area (Å²) in [7, 11) is 0. The molecule has 0 bridgehead atoms. The van der Waals surface area contributed by atoms with Crippen molar-refractivity contribution in [2.45, 2.75) is 31.0 Å². The van der Waals surface area contributed by atoms with Crippen molar-refractivity contribution in [3.8, 4) is 5.75 Å². The number of hydrogen-bond donors (Lipinski definition) is 2. The highest BCUT2D eigenvalue weighted by molar-refractivity contribution is 6.01. The Bertz CT molecular complexity index is 1650. The maximum absolute atomic E-state index is 14.3. The number of hydrogen-bond acceptors (Lipinski definition) is 6. The number of aliphatic imine (C=N–C) groups is 1. The van der Waals surface area contributed by atoms with Crippen molar-refractivity contribution in [1.82, 2.24) is 5.32 Å². The summed E-state index contributed by atoms with van der Waals surface area (Å²) in [5.41, 5.74) is 11.4. The van der Waals surface area contributed by atoms with E-state index in [0.29, 0.717) is 42.1 Å². The summed E-state index contributed by atoms with van der Waals surface area (Å²) in [6, 6.07) is 33.8. The number of benzene rings is 4. The standard InChI is InChI=1S/C35H33N5O4/c36-40-39-31-17-8-7-16-30(31)32-35(22-9-15-26-11-3-1-4-12-26,34(42)37-25-27-13-5-2-6-14-27)38-33(44-32)28-18-20-29(21-19-28)43-24-10-23-41/h1-9,11-21,32,41H,10,22-25H2,(H,37,42)/b15-9+/t32-,35-/m1/s1. The molecular weight excluding hydrogens is 554 g/mol. The van der Waals surface area contributed by atoms with E-state index in [1.165, 1.54) is 0 Å². The molecule has 44 heavy (non-hydrogen) atoms. The molecule has 0 saturated carbocycles. The molecule has 2 N–H and O–H groups in total. The Labute approximate surface area is 256 Å². The molecule has 0 aliphatic carbocycles. The molecule has 0 unspecified atom stereocenters. The molecule has 1 aliphatic heterocycles. The quantitative estimate of drug-likeness (QED) is 0.0750. The Morgan fingerprint density at radius 2 is 1.70 bits per heavy atom. The largest absolute Gasteiger partial charge is 0.494 e. The molecule has 1 heterocycles. The van der Waals surface area contributed by atoms with Gasteiger partial charge in [0.1, 0.15) is 5.75 Å². The second kappa shape index (κ2) is 14.7. The van der Waals surface area contributed by atoms with Crippen LogP contribution >= 0.6 is 0 Å². The van der Waals surface area contributed by atoms with E-state index in [1.54, 1.807) is 30.3 Å². The van der Waals surface area contributed by atoms with Gasteiger partial charge in [0.05, 0.1) is 6.61 Å². The second-order valence-electron chi connectivity index (χ2n) is 10.2. The van der Waals surface area contributed by atoms with Gasteiger partial charge < -0.3 is 19.9 Å². The predicted octanol–water partition coefficient (Wildman–Crippen LogP) is 7.07. The molecule has 0 spiro atoms. The third-order valence-corrected chi connectivity index (χ3v) is 7.24. The topological polar surface area (TPSA) is 129 Å². The Hall–Kier alpha value is -5.37. The number of aliphatic hydroxyl groups is 1. The fraction of sp³-hybridized carbons (Fsp3) is 0.200. The summed E-state index contributed by atoms with van der Waals surface area (Å²) in [6.07, 6.45) is 3.73. The van der Waals surface area contributed by atoms with Crippen LogP contribution in [-0.4, -0.2) is 35.7 Å². The van der Waals surface area contributed by atoms with E-state index in [2.05, 4.69) is 15.3 Å². The number of carbonyl (C=O) groups excluding carboxylic acids is 1. The SMILES string of the molecule is [N-]=[N+]=Nc1ccccc1[C@H]1OC(c2ccc(OCCCO)cc2)=N[C@@]1(C/C=C/c1ccccc1)C(=O)NCc1ccccc1. The van der Waals surface area contributed by atoms with Crippen molar-refractivity contribution < 1.29 is 19.4 Å². The van der Waals surface area contributed by atoms with Crippen molar-refractivity contribution in [3.05, 3.63) is 148 Å². The van der Waals surface area contributed by atoms with Crippen molar-refractivity contribution >= 4 is 23.6 Å². The summed E-state index contributed by atoms with van der Waals surface area (Å²) in [5, 5.41) is 16.0. The summed E-state index contributed by atoms with van der Waals surface area (Å²) >= 11 is 0. The number of ether oxygens (including phenoxy) is 2. The number of nitrogens with zero attached hydrogens (tertiary/aromatic N) is 4. The van der Waals surface area contributed by atoms with E-state index in [0.717, 1.165) is 11.1 Å². The van der Waals surface area contributed by atoms with Crippen LogP contribution in [0.25, 0.3) is 16.5 Å². The predicted molar refractivity (Wildman–Crippen MR) is 170 cm³/mol. The Balaban J connectivity index is 1.57. The van der Waals surface area contributed by atoms with Crippen LogP contribution in [0.1, 0.15) is 41.2 Å². The monoisotopic (exact) mass is 587 g/mol. The third kappa shape index (κ3) is 7.15. The van der Waals surface area contributed by atoms with Gasteiger partial charge >= 0.3 is 0 Å². The van der Waals surface area contributed by atoms with Crippen molar-refractivity contribution in [3.63, 3.8) is 0 Å². The van der Waals surface area contributed by atoms with Gasteiger partial charge in [0.15, 0.2) is 11.6 Å². The Morgan fingerprint density at radius 1 is 1.00 bits per heavy atom. The lowest BCUT2D eigenvalue weighted by Gasteiger charge is -2.30. The maximum atomic E-state index is 14.3. The fourth-order valence-corrected chi connectivity index (χ4v) is 5.01. The molecule has 2 atom stereocenters. The van der Waals surface area contributed by atoms with Crippen LogP contribution in [0.3, 0.4) is 0 Å². The average molecular weight is 588 g/mol. The van der Waals surface area contributed by atoms with Crippen LogP contribution in [0.15, 0.2) is 125 Å². The van der Waals surface area contributed by atoms with E-state index in [1.807, 2.05) is 91.0 Å². The highest BCUT2D eigenvalue weighted by Crippen LogP contribution is 2.45. The molecule has 0 aromatic heterocycles. The molecule has 5 rings (SSSR count). The van der Waals surface area contributed by atoms with E-state index in [4.69, 9.17) is 19.6 Å². The number of amides is 1. The van der Waals surface area contributed by atoms with Crippen LogP contribution in [0, 0.1) is 0 Å². The minimum absolute atomic E-state index is 0.0502. The van der Waals surface area contributed by atoms with Gasteiger partial charge in [0.25, 0.3) is 5.91 Å². The van der Waals surface area contributed by atoms with Gasteiger partial charge in [-0.3, -0.25) is 4.79 Å². The zero-order chi connectivity index (χ0) is 30.6. The number of azide groups is 1. The van der Waals surface area contributed by atoms with Crippen LogP contribution in [0.2, 0.25) is 0 Å². The van der Waals surface area contributed by atoms with Crippen LogP contribution in [0.4, 0.5) is 5.69 Å². The number of carbonyl (C=O) groups is 1. The molecule has 4 aromatic carbocycles. The first-order chi connectivity index (χ1) is 21.6. The van der Waals surface area contributed by atoms with E-state index in [-0.39, 0.29) is 24.8 Å². The molecule has 4 aromatic rings. The van der Waals surface area contributed by atoms with Crippen molar-refractivity contribution in [2.24, 2.45) is 10.1 Å². The van der Waals surface area contributed by atoms with Crippen LogP contribution in [-0.2, 0) is 16.1 Å². The lowest BCUT2D eigenvalue weighted by Crippen LogP contribution is -2.47. The summed E-state index contributed by atoms with van der Waals surface area (Å²) < 4.78 is 12.2. The number of aliphatic hydroxyl groups excluding tert-OH is 1. The molecule has 222 valence electrons. The molecular formula is C35H33N5O4. The van der Waals surface area contributed by atoms with Gasteiger partial charge in [-0.25, -0.2) is 4.99 Å². The fourth-order valence-electron chi connectivity index (χ4n) is 5.01. The molecule has 1 amide bonds. The van der Waals surface area contributed by atoms with Gasteiger partial charge in [0, 0.05) is 47.7 Å². The first-order valence-corrected chi connectivity index (χ1v) is 14.4. The first-order valence-electron chi connectivity index (χ1n) is 14.4. The molecule has 9 nitrogen and oxygen atoms in total. The molecule has 0 fully saturated rings. The lowest BCUT2D eigenvalue weighted by molar-refractivity contribution is -0.129. The molecule has 9 heteroatoms. The minimum Gasteiger partial charge on any atom is -0.494 e. The normalized spacial score (nSPS) is 17.4. The van der Waals surface area contributed by atoms with Gasteiger partial charge in [-0.1, -0.05) is 102 Å². The third-order valence-electron chi connectivity index (χ3n) is 7.24. The smallest absolute Gasteiger partial charge is 0.252 e. The molecule has 0 radical (unpaired) electrons. The van der Waals surface area contributed by atoms with Gasteiger partial charge in [-0.05, 0) is 40.9 Å². The van der Waals surface area contributed by atoms with Gasteiger partial charge in [-0.15, -0.1) is 0 Å². The average Bonchev–Trinajstić information content (AvgIpc) is 3.46. The second-order valence-corrected chi connectivity index (χ2v) is 10.2. The number of rotatable bonds is 13. The maximum Gasteiger partial charge on any atom is 0.252 e. The first kappa shape index (κ1) is 30.1. The van der Waals surface area contributed by atoms with E-state index >= 15 is 0 Å². The van der Waals surface area contributed by atoms with E-state index < -0.39 is 11.6 Å². The zero-order valence-corrected chi connectivity index (χ0v) is 24.1. The Kier molecular flexibility index (Phi) is 10.0. The van der Waals surface area contributed by atoms with Crippen molar-refractivity contribution in [1.29, 1.82) is 0 Å². The summed E-state index contributed by atoms with van der Waals surface area (Å²) in [5.74, 6) is 0.609. The lowest BCUT2D eigenvalue weighted by atomic mass is 9.83. The minimum atomic E-state index is -1.42. The van der Waals surface area contributed by atoms with E-state index in [9.17, 15) is 10.3 Å². The summed E-state index contributed by atoms with van der Waals surface area (Å²) in [6.45, 7) is 0.748. The van der Waals surface area contributed by atoms with Crippen LogP contribution in [0.5, 0.6) is 5.75 Å². The van der Waals surface area contributed by atoms with Crippen LogP contribution < -0.4 is 10.1 Å². The van der Waals surface area contributed by atoms with Crippen molar-refractivity contribution in [2.75, 3.05) is 13.2 Å². The van der Waals surface area contributed by atoms with Gasteiger partial charge in [-0.2, -0.15) is 0 Å².